The third kappa shape index (κ3) is 2.33. The number of fused-ring (bicyclic) bond motifs is 3. The smallest absolute Gasteiger partial charge is 0.201 e. The summed E-state index contributed by atoms with van der Waals surface area (Å²) in [6.45, 7) is 11.3. The summed E-state index contributed by atoms with van der Waals surface area (Å²) in [4.78, 5) is 0. The molecule has 0 N–H and O–H groups in total. The number of hydrogen-bond acceptors (Lipinski definition) is 0. The second-order valence-electron chi connectivity index (χ2n) is 8.09. The Kier molecular flexibility index (Phi) is 3.40. The van der Waals surface area contributed by atoms with Crippen LogP contribution in [0.25, 0.3) is 22.4 Å². The molecule has 0 atom stereocenters. The predicted molar refractivity (Wildman–Crippen MR) is 105 cm³/mol. The van der Waals surface area contributed by atoms with Crippen LogP contribution in [0.1, 0.15) is 41.7 Å². The Labute approximate surface area is 151 Å². The van der Waals surface area contributed by atoms with E-state index >= 15 is 0 Å². The number of hydrogen-bond donors (Lipinski definition) is 0. The first-order valence-electron chi connectivity index (χ1n) is 9.02. The van der Waals surface area contributed by atoms with Gasteiger partial charge in [-0.15, -0.1) is 0 Å². The Bertz CT molecular complexity index is 1010. The van der Waals surface area contributed by atoms with Crippen molar-refractivity contribution in [3.05, 3.63) is 76.5 Å². The van der Waals surface area contributed by atoms with Gasteiger partial charge >= 0.3 is 0 Å². The number of nitrogens with zero attached hydrogens (tertiary/aromatic N) is 1. The third-order valence-electron chi connectivity index (χ3n) is 5.73. The summed E-state index contributed by atoms with van der Waals surface area (Å²) in [5.74, 6) is 0. The maximum atomic E-state index is 2.42. The Morgan fingerprint density at radius 1 is 0.720 bits per heavy atom. The molecule has 0 bridgehead atoms. The van der Waals surface area contributed by atoms with E-state index in [9.17, 15) is 0 Å². The van der Waals surface area contributed by atoms with Gasteiger partial charge in [0, 0.05) is 22.6 Å². The molecule has 1 aliphatic carbocycles. The monoisotopic (exact) mass is 328 g/mol. The molecule has 0 saturated carbocycles. The van der Waals surface area contributed by atoms with Gasteiger partial charge in [0.15, 0.2) is 6.20 Å². The zero-order valence-corrected chi connectivity index (χ0v) is 16.1. The van der Waals surface area contributed by atoms with Crippen molar-refractivity contribution in [3.8, 4) is 22.4 Å². The van der Waals surface area contributed by atoms with Crippen molar-refractivity contribution in [2.75, 3.05) is 0 Å². The van der Waals surface area contributed by atoms with Crippen LogP contribution in [0, 0.1) is 20.8 Å². The zero-order valence-electron chi connectivity index (χ0n) is 16.1. The van der Waals surface area contributed by atoms with Crippen LogP contribution < -0.4 is 4.57 Å². The van der Waals surface area contributed by atoms with E-state index in [0.29, 0.717) is 0 Å². The van der Waals surface area contributed by atoms with E-state index in [1.165, 1.54) is 50.2 Å². The fraction of sp³-hybridized carbons (Fsp3) is 0.292. The highest BCUT2D eigenvalue weighted by Gasteiger charge is 2.36. The normalized spacial score (nSPS) is 14.3. The lowest BCUT2D eigenvalue weighted by molar-refractivity contribution is -0.660. The van der Waals surface area contributed by atoms with Crippen molar-refractivity contribution in [2.45, 2.75) is 40.0 Å². The van der Waals surface area contributed by atoms with Crippen molar-refractivity contribution in [1.29, 1.82) is 0 Å². The second kappa shape index (κ2) is 5.29. The van der Waals surface area contributed by atoms with Gasteiger partial charge in [0.25, 0.3) is 0 Å². The molecule has 0 unspecified atom stereocenters. The molecule has 0 amide bonds. The molecule has 0 aliphatic heterocycles. The lowest BCUT2D eigenvalue weighted by atomic mass is 9.81. The average Bonchev–Trinajstić information content (AvgIpc) is 2.75. The SMILES string of the molecule is Cc1ccc2c(c1)C(C)(C)c1cc(-c3ccc(C)c[n+]3C)c(C)cc1-2. The molecule has 4 rings (SSSR count). The minimum absolute atomic E-state index is 0.0441. The molecule has 1 aliphatic rings. The summed E-state index contributed by atoms with van der Waals surface area (Å²) in [5.41, 5.74) is 12.3. The van der Waals surface area contributed by atoms with E-state index in [4.69, 9.17) is 0 Å². The van der Waals surface area contributed by atoms with E-state index < -0.39 is 0 Å². The van der Waals surface area contributed by atoms with Crippen molar-refractivity contribution in [3.63, 3.8) is 0 Å². The molecular weight excluding hydrogens is 302 g/mol. The summed E-state index contributed by atoms with van der Waals surface area (Å²) >= 11 is 0. The predicted octanol–water partition coefficient (Wildman–Crippen LogP) is 5.41. The molecular formula is C24H26N+. The number of benzene rings is 2. The van der Waals surface area contributed by atoms with Crippen LogP contribution >= 0.6 is 0 Å². The quantitative estimate of drug-likeness (QED) is 0.526. The zero-order chi connectivity index (χ0) is 17.9. The Balaban J connectivity index is 1.98. The van der Waals surface area contributed by atoms with Crippen LogP contribution in [0.4, 0.5) is 0 Å². The molecule has 3 aromatic rings. The summed E-state index contributed by atoms with van der Waals surface area (Å²) in [6, 6.07) is 16.1. The highest BCUT2D eigenvalue weighted by atomic mass is 14.9. The van der Waals surface area contributed by atoms with E-state index in [1.807, 2.05) is 0 Å². The summed E-state index contributed by atoms with van der Waals surface area (Å²) in [7, 11) is 2.14. The molecule has 0 fully saturated rings. The molecule has 0 radical (unpaired) electrons. The Hall–Kier alpha value is -2.41. The molecule has 0 saturated heterocycles. The van der Waals surface area contributed by atoms with Crippen LogP contribution in [-0.2, 0) is 12.5 Å². The number of rotatable bonds is 1. The average molecular weight is 328 g/mol. The van der Waals surface area contributed by atoms with Gasteiger partial charge in [0.2, 0.25) is 5.69 Å². The van der Waals surface area contributed by atoms with Gasteiger partial charge in [-0.3, -0.25) is 0 Å². The fourth-order valence-corrected chi connectivity index (χ4v) is 4.30. The molecule has 126 valence electrons. The number of aromatic nitrogens is 1. The topological polar surface area (TPSA) is 3.88 Å². The van der Waals surface area contributed by atoms with Gasteiger partial charge in [-0.05, 0) is 60.7 Å². The first-order valence-corrected chi connectivity index (χ1v) is 9.02. The van der Waals surface area contributed by atoms with E-state index in [1.54, 1.807) is 0 Å². The van der Waals surface area contributed by atoms with Crippen LogP contribution in [0.15, 0.2) is 48.7 Å². The molecule has 1 nitrogen and oxygen atoms in total. The maximum absolute atomic E-state index is 2.42. The van der Waals surface area contributed by atoms with Crippen molar-refractivity contribution in [2.24, 2.45) is 7.05 Å². The van der Waals surface area contributed by atoms with Crippen LogP contribution in [-0.4, -0.2) is 0 Å². The molecule has 1 heterocycles. The standard InChI is InChI=1S/C24H26N/c1-15-7-9-18-20-12-17(3)19(23-10-8-16(2)14-25(23)6)13-22(20)24(4,5)21(18)11-15/h7-14H,1-6H3/q+1. The Morgan fingerprint density at radius 3 is 2.12 bits per heavy atom. The van der Waals surface area contributed by atoms with Gasteiger partial charge in [-0.1, -0.05) is 43.7 Å². The highest BCUT2D eigenvalue weighted by Crippen LogP contribution is 2.50. The molecule has 2 aromatic carbocycles. The van der Waals surface area contributed by atoms with Crippen molar-refractivity contribution in [1.82, 2.24) is 0 Å². The van der Waals surface area contributed by atoms with Gasteiger partial charge in [-0.25, -0.2) is 4.57 Å². The summed E-state index contributed by atoms with van der Waals surface area (Å²) in [6.07, 6.45) is 2.20. The van der Waals surface area contributed by atoms with Gasteiger partial charge in [-0.2, -0.15) is 0 Å². The van der Waals surface area contributed by atoms with E-state index in [2.05, 4.69) is 94.9 Å². The molecule has 1 heteroatoms. The number of pyridine rings is 1. The third-order valence-corrected chi connectivity index (χ3v) is 5.73. The van der Waals surface area contributed by atoms with Crippen LogP contribution in [0.2, 0.25) is 0 Å². The van der Waals surface area contributed by atoms with Crippen LogP contribution in [0.3, 0.4) is 0 Å². The highest BCUT2D eigenvalue weighted by molar-refractivity contribution is 5.84. The minimum atomic E-state index is 0.0441. The lowest BCUT2D eigenvalue weighted by Crippen LogP contribution is -2.31. The van der Waals surface area contributed by atoms with Gasteiger partial charge in [0.05, 0.1) is 0 Å². The fourth-order valence-electron chi connectivity index (χ4n) is 4.30. The summed E-state index contributed by atoms with van der Waals surface area (Å²) < 4.78 is 2.24. The summed E-state index contributed by atoms with van der Waals surface area (Å²) in [5, 5.41) is 0. The second-order valence-corrected chi connectivity index (χ2v) is 8.09. The van der Waals surface area contributed by atoms with E-state index in [0.717, 1.165) is 0 Å². The van der Waals surface area contributed by atoms with Crippen molar-refractivity contribution < 1.29 is 4.57 Å². The largest absolute Gasteiger partial charge is 0.212 e. The molecule has 25 heavy (non-hydrogen) atoms. The Morgan fingerprint density at radius 2 is 1.40 bits per heavy atom. The van der Waals surface area contributed by atoms with Gasteiger partial charge in [0.1, 0.15) is 7.05 Å². The first kappa shape index (κ1) is 16.1. The van der Waals surface area contributed by atoms with Crippen LogP contribution in [0.5, 0.6) is 0 Å². The van der Waals surface area contributed by atoms with E-state index in [-0.39, 0.29) is 5.41 Å². The molecule has 1 aromatic heterocycles. The molecule has 0 spiro atoms. The minimum Gasteiger partial charge on any atom is -0.201 e. The maximum Gasteiger partial charge on any atom is 0.212 e. The van der Waals surface area contributed by atoms with Crippen molar-refractivity contribution >= 4 is 0 Å². The first-order chi connectivity index (χ1) is 11.8. The van der Waals surface area contributed by atoms with Gasteiger partial charge < -0.3 is 0 Å². The number of aryl methyl sites for hydroxylation is 4. The lowest BCUT2D eigenvalue weighted by Gasteiger charge is -2.22.